The van der Waals surface area contributed by atoms with Gasteiger partial charge in [-0.1, -0.05) is 112 Å². The molecule has 0 bridgehead atoms. The molecule has 1 spiro atoms. The van der Waals surface area contributed by atoms with Crippen LogP contribution in [0.1, 0.15) is 61.3 Å². The molecule has 0 radical (unpaired) electrons. The van der Waals surface area contributed by atoms with E-state index in [1.165, 1.54) is 55.3 Å². The molecule has 3 aromatic carbocycles. The highest BCUT2D eigenvalue weighted by molar-refractivity contribution is 5.68. The summed E-state index contributed by atoms with van der Waals surface area (Å²) in [5.74, 6) is 22.2. The van der Waals surface area contributed by atoms with Crippen molar-refractivity contribution in [2.75, 3.05) is 13.6 Å². The summed E-state index contributed by atoms with van der Waals surface area (Å²) >= 11 is 0. The summed E-state index contributed by atoms with van der Waals surface area (Å²) in [6.45, 7) is 2.30. The maximum Gasteiger partial charge on any atom is 0.162 e. The van der Waals surface area contributed by atoms with Gasteiger partial charge in [0.2, 0.25) is 0 Å². The van der Waals surface area contributed by atoms with Gasteiger partial charge in [0.1, 0.15) is 13.2 Å². The van der Waals surface area contributed by atoms with Crippen LogP contribution in [-0.4, -0.2) is 18.5 Å². The molecular weight excluding hydrogens is 791 g/mol. The van der Waals surface area contributed by atoms with Gasteiger partial charge in [0.25, 0.3) is 0 Å². The third kappa shape index (κ3) is 3.43. The monoisotopic (exact) mass is 849 g/mol. The Bertz CT molecular complexity index is 2970. The van der Waals surface area contributed by atoms with Crippen molar-refractivity contribution in [1.29, 1.82) is 0 Å². The summed E-state index contributed by atoms with van der Waals surface area (Å²) in [7, 11) is 2.54. The molecule has 65 heavy (non-hydrogen) atoms. The minimum atomic E-state index is 0.159. The standard InChI is InChI=1S/C62H59NO2/c1-63-23-37-36-20-34-18-31-16-32-15-29-14-30-17-33-19-35-22-62(37,61(63)28-12-13-38(64-24-26-8-4-2-5-9-26)39(21-28)65-25-27-10-6-3-7-11-27)60-46(35)51-45(33)50-41(30)40(29)48-44(32)49-42(31)43(34)52-47(36)59(60)58-56(51)54(50)53(48)55(49)57(52)58/h2-13,15,19,21,29-31,35,37,40-42,44-46,48-58,61H,14,16-18,20,22-25H2,1H3. The maximum absolute atomic E-state index is 6.94. The number of nitrogens with zero attached hydrogens (tertiary/aromatic N) is 1. The fourth-order valence-corrected chi connectivity index (χ4v) is 25.2. The molecule has 3 aromatic rings. The highest BCUT2D eigenvalue weighted by Crippen LogP contribution is 2.91. The fourth-order valence-electron chi connectivity index (χ4n) is 25.2. The van der Waals surface area contributed by atoms with Crippen LogP contribution in [0.3, 0.4) is 0 Å². The van der Waals surface area contributed by atoms with E-state index in [-0.39, 0.29) is 5.41 Å². The molecule has 24 atom stereocenters. The smallest absolute Gasteiger partial charge is 0.162 e. The van der Waals surface area contributed by atoms with Crippen molar-refractivity contribution in [3.63, 3.8) is 0 Å². The number of hydrogen-bond acceptors (Lipinski definition) is 3. The number of likely N-dealkylation sites (tertiary alicyclic amines) is 1. The van der Waals surface area contributed by atoms with Crippen molar-refractivity contribution in [3.05, 3.63) is 152 Å². The molecule has 0 aromatic heterocycles. The van der Waals surface area contributed by atoms with Gasteiger partial charge < -0.3 is 9.47 Å². The van der Waals surface area contributed by atoms with Gasteiger partial charge in [0.15, 0.2) is 11.5 Å². The summed E-state index contributed by atoms with van der Waals surface area (Å²) in [4.78, 5) is 2.90. The van der Waals surface area contributed by atoms with Crippen LogP contribution >= 0.6 is 0 Å². The lowest BCUT2D eigenvalue weighted by Crippen LogP contribution is -2.56. The van der Waals surface area contributed by atoms with Gasteiger partial charge in [0, 0.05) is 29.8 Å². The van der Waals surface area contributed by atoms with Crippen LogP contribution in [0.4, 0.5) is 0 Å². The zero-order valence-corrected chi connectivity index (χ0v) is 37.6. The molecule has 3 nitrogen and oxygen atoms in total. The van der Waals surface area contributed by atoms with E-state index in [1.807, 2.05) is 16.7 Å². The zero-order valence-electron chi connectivity index (χ0n) is 37.6. The van der Waals surface area contributed by atoms with Gasteiger partial charge in [-0.3, -0.25) is 4.90 Å². The average molecular weight is 850 g/mol. The molecule has 11 fully saturated rings. The van der Waals surface area contributed by atoms with Gasteiger partial charge in [0.05, 0.1) is 0 Å². The summed E-state index contributed by atoms with van der Waals surface area (Å²) in [6.07, 6.45) is 14.8. The van der Waals surface area contributed by atoms with Gasteiger partial charge in [-0.25, -0.2) is 0 Å². The van der Waals surface area contributed by atoms with E-state index in [2.05, 4.69) is 131 Å². The number of fused-ring (bicyclic) bond motifs is 1. The van der Waals surface area contributed by atoms with Gasteiger partial charge in [-0.05, 0) is 204 Å². The molecule has 1 saturated heterocycles. The molecule has 1 heterocycles. The van der Waals surface area contributed by atoms with Crippen LogP contribution in [0.2, 0.25) is 0 Å². The second-order valence-corrected chi connectivity index (χ2v) is 26.0. The van der Waals surface area contributed by atoms with Crippen molar-refractivity contribution in [2.45, 2.75) is 57.8 Å². The van der Waals surface area contributed by atoms with Crippen molar-refractivity contribution in [2.24, 2.45) is 136 Å². The first-order chi connectivity index (χ1) is 32.1. The van der Waals surface area contributed by atoms with Gasteiger partial charge >= 0.3 is 0 Å². The molecule has 0 amide bonds. The van der Waals surface area contributed by atoms with E-state index >= 15 is 0 Å². The second kappa shape index (κ2) is 10.8. The molecule has 20 rings (SSSR count). The van der Waals surface area contributed by atoms with Crippen molar-refractivity contribution in [3.8, 4) is 11.5 Å². The quantitative estimate of drug-likeness (QED) is 0.221. The van der Waals surface area contributed by atoms with E-state index in [9.17, 15) is 0 Å². The average Bonchev–Trinajstić information content (AvgIpc) is 4.19. The van der Waals surface area contributed by atoms with Crippen molar-refractivity contribution < 1.29 is 9.47 Å². The topological polar surface area (TPSA) is 21.7 Å². The van der Waals surface area contributed by atoms with Crippen LogP contribution < -0.4 is 9.47 Å². The second-order valence-electron chi connectivity index (χ2n) is 26.0. The summed E-state index contributed by atoms with van der Waals surface area (Å²) in [5, 5.41) is 0. The molecule has 16 aliphatic carbocycles. The van der Waals surface area contributed by atoms with E-state index in [0.717, 1.165) is 136 Å². The Kier molecular flexibility index (Phi) is 5.68. The zero-order chi connectivity index (χ0) is 41.2. The Morgan fingerprint density at radius 1 is 0.600 bits per heavy atom. The van der Waals surface area contributed by atoms with E-state index in [4.69, 9.17) is 9.47 Å². The van der Waals surface area contributed by atoms with E-state index in [0.29, 0.717) is 25.2 Å². The SMILES string of the molecule is CN1CC2C3=C4C5=C6C7C(C=C8CC9CC%10C=C%11CC%12CC(=C%13C4C4C5C5C7C8C7C9C%10C8C%11C(C%13%12)C4C8C57)C3)CC62C1c1ccc(OCc2ccccc2)c(OCc2ccccc2)c1. The van der Waals surface area contributed by atoms with Crippen LogP contribution in [0.15, 0.2) is 136 Å². The lowest BCUT2D eigenvalue weighted by Gasteiger charge is -2.60. The van der Waals surface area contributed by atoms with Gasteiger partial charge in [-0.2, -0.15) is 0 Å². The first-order valence-electron chi connectivity index (χ1n) is 26.9. The highest BCUT2D eigenvalue weighted by atomic mass is 16.5. The Labute approximate surface area is 383 Å². The molecule has 1 aliphatic heterocycles. The maximum atomic E-state index is 6.94. The number of hydrogen-bond donors (Lipinski definition) is 0. The van der Waals surface area contributed by atoms with Crippen molar-refractivity contribution in [1.82, 2.24) is 4.90 Å². The first kappa shape index (κ1) is 34.2. The molecular formula is C62H59NO2. The minimum Gasteiger partial charge on any atom is -0.485 e. The molecule has 0 N–H and O–H groups in total. The lowest BCUT2D eigenvalue weighted by molar-refractivity contribution is -0.108. The first-order valence-corrected chi connectivity index (χ1v) is 26.9. The Morgan fingerprint density at radius 2 is 1.29 bits per heavy atom. The molecule has 17 aliphatic rings. The number of benzene rings is 3. The van der Waals surface area contributed by atoms with Crippen LogP contribution in [0.25, 0.3) is 0 Å². The molecule has 324 valence electrons. The molecule has 3 heteroatoms. The minimum absolute atomic E-state index is 0.159. The number of rotatable bonds is 7. The van der Waals surface area contributed by atoms with Gasteiger partial charge in [-0.15, -0.1) is 0 Å². The van der Waals surface area contributed by atoms with Crippen LogP contribution in [-0.2, 0) is 13.2 Å². The lowest BCUT2D eigenvalue weighted by atomic mass is 9.44. The Balaban J connectivity index is 0.817. The van der Waals surface area contributed by atoms with E-state index < -0.39 is 0 Å². The Morgan fingerprint density at radius 3 is 2.11 bits per heavy atom. The van der Waals surface area contributed by atoms with Crippen molar-refractivity contribution >= 4 is 0 Å². The third-order valence-corrected chi connectivity index (χ3v) is 25.1. The molecule has 10 saturated carbocycles. The predicted octanol–water partition coefficient (Wildman–Crippen LogP) is 11.7. The van der Waals surface area contributed by atoms with E-state index in [1.54, 1.807) is 6.42 Å². The summed E-state index contributed by atoms with van der Waals surface area (Å²) in [5.41, 5.74) is 20.5. The normalized spacial score (nSPS) is 53.2. The molecule has 24 unspecified atom stereocenters. The van der Waals surface area contributed by atoms with Crippen LogP contribution in [0, 0.1) is 136 Å². The largest absolute Gasteiger partial charge is 0.485 e. The summed E-state index contributed by atoms with van der Waals surface area (Å²) < 4.78 is 13.7. The highest BCUT2D eigenvalue weighted by Gasteiger charge is 2.86. The predicted molar refractivity (Wildman–Crippen MR) is 248 cm³/mol. The van der Waals surface area contributed by atoms with Crippen LogP contribution in [0.5, 0.6) is 11.5 Å². The third-order valence-electron chi connectivity index (χ3n) is 25.1. The number of allylic oxidation sites excluding steroid dienone is 8. The summed E-state index contributed by atoms with van der Waals surface area (Å²) in [6, 6.07) is 29.1. The number of ether oxygens (including phenoxy) is 2. The fraction of sp³-hybridized carbons (Fsp3) is 0.548. The Hall–Kier alpha value is -4.08.